The Bertz CT molecular complexity index is 539. The second-order valence-electron chi connectivity index (χ2n) is 4.20. The van der Waals surface area contributed by atoms with Crippen molar-refractivity contribution in [1.29, 1.82) is 0 Å². The molecule has 0 amide bonds. The number of nitrogens with one attached hydrogen (secondary N) is 2. The van der Waals surface area contributed by atoms with Gasteiger partial charge in [-0.2, -0.15) is 15.1 Å². The maximum atomic E-state index is 5.58. The molecule has 4 N–H and O–H groups in total. The third-order valence-electron chi connectivity index (χ3n) is 2.79. The van der Waals surface area contributed by atoms with Crippen molar-refractivity contribution in [3.8, 4) is 5.88 Å². The number of rotatable bonds is 6. The Labute approximate surface area is 111 Å². The van der Waals surface area contributed by atoms with E-state index in [4.69, 9.17) is 10.5 Å². The van der Waals surface area contributed by atoms with E-state index in [1.807, 2.05) is 13.1 Å². The Kier molecular flexibility index (Phi) is 4.17. The number of nitrogens with two attached hydrogens (primary N) is 1. The fraction of sp³-hybridized carbons (Fsp3) is 0.417. The first kappa shape index (κ1) is 13.1. The summed E-state index contributed by atoms with van der Waals surface area (Å²) < 4.78 is 5.03. The molecule has 7 heteroatoms. The van der Waals surface area contributed by atoms with E-state index in [0.29, 0.717) is 11.7 Å². The highest BCUT2D eigenvalue weighted by Gasteiger charge is 2.03. The minimum Gasteiger partial charge on any atom is -0.481 e. The zero-order valence-electron chi connectivity index (χ0n) is 11.1. The minimum atomic E-state index is 0.201. The van der Waals surface area contributed by atoms with Crippen LogP contribution < -0.4 is 15.8 Å². The first-order valence-corrected chi connectivity index (χ1v) is 6.10. The molecule has 2 heterocycles. The average molecular weight is 262 g/mol. The number of hydrogen-bond acceptors (Lipinski definition) is 6. The first-order chi connectivity index (χ1) is 9.19. The Hall–Kier alpha value is -2.31. The van der Waals surface area contributed by atoms with Gasteiger partial charge < -0.3 is 15.8 Å². The van der Waals surface area contributed by atoms with Crippen LogP contribution in [0.25, 0.3) is 0 Å². The summed E-state index contributed by atoms with van der Waals surface area (Å²) in [4.78, 5) is 8.02. The Balaban J connectivity index is 1.82. The lowest BCUT2D eigenvalue weighted by atomic mass is 10.1. The fourth-order valence-corrected chi connectivity index (χ4v) is 1.76. The van der Waals surface area contributed by atoms with Crippen molar-refractivity contribution in [2.45, 2.75) is 19.8 Å². The van der Waals surface area contributed by atoms with Crippen LogP contribution in [0.5, 0.6) is 5.88 Å². The lowest BCUT2D eigenvalue weighted by molar-refractivity contribution is 0.398. The van der Waals surface area contributed by atoms with E-state index in [-0.39, 0.29) is 5.95 Å². The number of methoxy groups -OCH3 is 1. The highest BCUT2D eigenvalue weighted by atomic mass is 16.5. The number of aromatic nitrogens is 4. The zero-order chi connectivity index (χ0) is 13.7. The third-order valence-corrected chi connectivity index (χ3v) is 2.79. The summed E-state index contributed by atoms with van der Waals surface area (Å²) in [6.07, 6.45) is 3.81. The molecule has 0 saturated heterocycles. The number of nitrogens with zero attached hydrogens (tertiary/aromatic N) is 3. The van der Waals surface area contributed by atoms with Crippen LogP contribution in [-0.4, -0.2) is 33.8 Å². The van der Waals surface area contributed by atoms with Gasteiger partial charge in [0.1, 0.15) is 5.82 Å². The average Bonchev–Trinajstić information content (AvgIpc) is 2.80. The lowest BCUT2D eigenvalue weighted by Crippen LogP contribution is -2.07. The standard InChI is InChI=1S/C12H18N6O/c1-8-9(7-15-18-8)4-3-5-14-10-6-11(19-2)17-12(13)16-10/h6-7H,3-5H2,1-2H3,(H,15,18)(H3,13,14,16,17). The Morgan fingerprint density at radius 3 is 2.95 bits per heavy atom. The molecule has 19 heavy (non-hydrogen) atoms. The predicted octanol–water partition coefficient (Wildman–Crippen LogP) is 1.14. The van der Waals surface area contributed by atoms with Gasteiger partial charge in [-0.3, -0.25) is 5.10 Å². The summed E-state index contributed by atoms with van der Waals surface area (Å²) in [6, 6.07) is 1.72. The third kappa shape index (κ3) is 3.57. The molecule has 0 saturated carbocycles. The Morgan fingerprint density at radius 2 is 2.26 bits per heavy atom. The second-order valence-corrected chi connectivity index (χ2v) is 4.20. The lowest BCUT2D eigenvalue weighted by Gasteiger charge is -2.07. The maximum absolute atomic E-state index is 5.58. The van der Waals surface area contributed by atoms with Gasteiger partial charge in [-0.25, -0.2) is 0 Å². The van der Waals surface area contributed by atoms with Crippen molar-refractivity contribution in [3.05, 3.63) is 23.5 Å². The van der Waals surface area contributed by atoms with E-state index in [1.165, 1.54) is 5.56 Å². The molecule has 2 aromatic rings. The number of aromatic amines is 1. The molecule has 102 valence electrons. The molecule has 0 aliphatic heterocycles. The fourth-order valence-electron chi connectivity index (χ4n) is 1.76. The second kappa shape index (κ2) is 6.03. The maximum Gasteiger partial charge on any atom is 0.225 e. The smallest absolute Gasteiger partial charge is 0.225 e. The molecule has 0 atom stereocenters. The van der Waals surface area contributed by atoms with Crippen LogP contribution in [0.4, 0.5) is 11.8 Å². The number of hydrogen-bond donors (Lipinski definition) is 3. The van der Waals surface area contributed by atoms with Crippen LogP contribution in [0.3, 0.4) is 0 Å². The van der Waals surface area contributed by atoms with Gasteiger partial charge in [-0.1, -0.05) is 0 Å². The summed E-state index contributed by atoms with van der Waals surface area (Å²) in [7, 11) is 1.55. The molecule has 0 fully saturated rings. The van der Waals surface area contributed by atoms with Crippen molar-refractivity contribution < 1.29 is 4.74 Å². The van der Waals surface area contributed by atoms with Crippen LogP contribution in [0.15, 0.2) is 12.3 Å². The first-order valence-electron chi connectivity index (χ1n) is 6.10. The van der Waals surface area contributed by atoms with Crippen molar-refractivity contribution in [2.24, 2.45) is 0 Å². The van der Waals surface area contributed by atoms with Crippen molar-refractivity contribution in [1.82, 2.24) is 20.2 Å². The summed E-state index contributed by atoms with van der Waals surface area (Å²) in [5, 5.41) is 10.1. The normalized spacial score (nSPS) is 10.4. The largest absolute Gasteiger partial charge is 0.481 e. The molecule has 0 aliphatic carbocycles. The summed E-state index contributed by atoms with van der Waals surface area (Å²) in [6.45, 7) is 2.82. The summed E-state index contributed by atoms with van der Waals surface area (Å²) in [5.41, 5.74) is 7.94. The van der Waals surface area contributed by atoms with Crippen molar-refractivity contribution in [3.63, 3.8) is 0 Å². The van der Waals surface area contributed by atoms with Gasteiger partial charge in [-0.15, -0.1) is 0 Å². The van der Waals surface area contributed by atoms with Crippen LogP contribution in [0.1, 0.15) is 17.7 Å². The van der Waals surface area contributed by atoms with Gasteiger partial charge in [0.15, 0.2) is 0 Å². The van der Waals surface area contributed by atoms with Crippen LogP contribution in [0, 0.1) is 6.92 Å². The van der Waals surface area contributed by atoms with E-state index >= 15 is 0 Å². The van der Waals surface area contributed by atoms with Gasteiger partial charge in [-0.05, 0) is 25.3 Å². The van der Waals surface area contributed by atoms with E-state index in [9.17, 15) is 0 Å². The molecule has 0 bridgehead atoms. The summed E-state index contributed by atoms with van der Waals surface area (Å²) in [5.74, 6) is 1.33. The van der Waals surface area contributed by atoms with Gasteiger partial charge >= 0.3 is 0 Å². The number of anilines is 2. The van der Waals surface area contributed by atoms with Crippen LogP contribution in [-0.2, 0) is 6.42 Å². The molecule has 2 rings (SSSR count). The number of ether oxygens (including phenoxy) is 1. The van der Waals surface area contributed by atoms with E-state index < -0.39 is 0 Å². The van der Waals surface area contributed by atoms with E-state index in [0.717, 1.165) is 25.1 Å². The number of nitrogen functional groups attached to an aromatic ring is 1. The minimum absolute atomic E-state index is 0.201. The van der Waals surface area contributed by atoms with Crippen LogP contribution >= 0.6 is 0 Å². The SMILES string of the molecule is COc1cc(NCCCc2cn[nH]c2C)nc(N)n1. The van der Waals surface area contributed by atoms with Crippen LogP contribution in [0.2, 0.25) is 0 Å². The quantitative estimate of drug-likeness (QED) is 0.675. The molecule has 0 radical (unpaired) electrons. The van der Waals surface area contributed by atoms with Crippen molar-refractivity contribution in [2.75, 3.05) is 24.7 Å². The topological polar surface area (TPSA) is 102 Å². The molecule has 0 aliphatic rings. The van der Waals surface area contributed by atoms with Gasteiger partial charge in [0.25, 0.3) is 0 Å². The molecule has 7 nitrogen and oxygen atoms in total. The van der Waals surface area contributed by atoms with Gasteiger partial charge in [0.05, 0.1) is 13.3 Å². The van der Waals surface area contributed by atoms with E-state index in [2.05, 4.69) is 25.5 Å². The highest BCUT2D eigenvalue weighted by Crippen LogP contribution is 2.14. The van der Waals surface area contributed by atoms with Crippen molar-refractivity contribution >= 4 is 11.8 Å². The van der Waals surface area contributed by atoms with Gasteiger partial charge in [0, 0.05) is 18.3 Å². The Morgan fingerprint density at radius 1 is 1.42 bits per heavy atom. The summed E-state index contributed by atoms with van der Waals surface area (Å²) >= 11 is 0. The molecule has 0 unspecified atom stereocenters. The van der Waals surface area contributed by atoms with E-state index in [1.54, 1.807) is 13.2 Å². The number of aryl methyl sites for hydroxylation is 2. The van der Waals surface area contributed by atoms with Gasteiger partial charge in [0.2, 0.25) is 11.8 Å². The molecular weight excluding hydrogens is 244 g/mol. The molecule has 2 aromatic heterocycles. The number of H-pyrrole nitrogens is 1. The molecular formula is C12H18N6O. The molecule has 0 spiro atoms. The highest BCUT2D eigenvalue weighted by molar-refractivity contribution is 5.42. The molecule has 0 aromatic carbocycles. The predicted molar refractivity (Wildman–Crippen MR) is 73.1 cm³/mol. The monoisotopic (exact) mass is 262 g/mol. The zero-order valence-corrected chi connectivity index (χ0v) is 11.1.